The maximum atomic E-state index is 11.5. The highest BCUT2D eigenvalue weighted by Crippen LogP contribution is 2.23. The number of azo groups is 1. The van der Waals surface area contributed by atoms with Gasteiger partial charge >= 0.3 is 5.91 Å². The molecule has 1 aromatic rings. The summed E-state index contributed by atoms with van der Waals surface area (Å²) >= 11 is 0. The predicted octanol–water partition coefficient (Wildman–Crippen LogP) is 1.51. The fourth-order valence-electron chi connectivity index (χ4n) is 1.59. The number of hydrogen-bond acceptors (Lipinski definition) is 5. The number of aromatic nitrogens is 1. The van der Waals surface area contributed by atoms with Crippen molar-refractivity contribution in [2.45, 2.75) is 6.92 Å². The van der Waals surface area contributed by atoms with Gasteiger partial charge in [0.25, 0.3) is 0 Å². The van der Waals surface area contributed by atoms with E-state index in [9.17, 15) is 4.79 Å². The molecule has 1 amide bonds. The fraction of sp³-hybridized carbons (Fsp3) is 0.0909. The van der Waals surface area contributed by atoms with Gasteiger partial charge in [-0.1, -0.05) is 0 Å². The minimum Gasteiger partial charge on any atom is -0.265 e. The van der Waals surface area contributed by atoms with Crippen LogP contribution >= 0.6 is 0 Å². The molecule has 3 rings (SSSR count). The smallest absolute Gasteiger partial charge is 0.265 e. The second-order valence-corrected chi connectivity index (χ2v) is 3.57. The quantitative estimate of drug-likeness (QED) is 0.725. The van der Waals surface area contributed by atoms with Gasteiger partial charge in [-0.15, -0.1) is 10.2 Å². The van der Waals surface area contributed by atoms with Gasteiger partial charge in [-0.25, -0.2) is 9.98 Å². The summed E-state index contributed by atoms with van der Waals surface area (Å²) < 4.78 is 0. The molecular weight excluding hydrogens is 218 g/mol. The maximum absolute atomic E-state index is 11.5. The Hall–Kier alpha value is -2.50. The molecule has 0 bridgehead atoms. The number of hydrogen-bond donors (Lipinski definition) is 0. The lowest BCUT2D eigenvalue weighted by atomic mass is 10.2. The van der Waals surface area contributed by atoms with E-state index in [1.54, 1.807) is 31.5 Å². The minimum absolute atomic E-state index is 0.268. The standard InChI is InChI=1S/C11H7N5O/c1-6-8-9(11(17)16-15-6)14-10(13-8)7-2-4-12-5-3-7/h2-5H,1H3. The molecule has 0 saturated carbocycles. The Bertz CT molecular complexity index is 625. The van der Waals surface area contributed by atoms with Crippen molar-refractivity contribution in [2.75, 3.05) is 0 Å². The van der Waals surface area contributed by atoms with E-state index in [4.69, 9.17) is 0 Å². The van der Waals surface area contributed by atoms with Crippen molar-refractivity contribution in [3.63, 3.8) is 0 Å². The molecule has 0 N–H and O–H groups in total. The summed E-state index contributed by atoms with van der Waals surface area (Å²) in [5.74, 6) is 0.0517. The van der Waals surface area contributed by atoms with Crippen LogP contribution in [0.1, 0.15) is 12.5 Å². The molecule has 2 aliphatic rings. The largest absolute Gasteiger partial charge is 0.316 e. The summed E-state index contributed by atoms with van der Waals surface area (Å²) in [6.45, 7) is 1.75. The first-order chi connectivity index (χ1) is 8.25. The Morgan fingerprint density at radius 1 is 1.06 bits per heavy atom. The van der Waals surface area contributed by atoms with Gasteiger partial charge in [0.15, 0.2) is 11.5 Å². The molecule has 0 atom stereocenters. The van der Waals surface area contributed by atoms with E-state index in [0.29, 0.717) is 17.2 Å². The van der Waals surface area contributed by atoms with Crippen LogP contribution < -0.4 is 0 Å². The van der Waals surface area contributed by atoms with Crippen molar-refractivity contribution < 1.29 is 4.79 Å². The topological polar surface area (TPSA) is 79.4 Å². The van der Waals surface area contributed by atoms with E-state index < -0.39 is 5.91 Å². The summed E-state index contributed by atoms with van der Waals surface area (Å²) in [5.41, 5.74) is 2.20. The predicted molar refractivity (Wildman–Crippen MR) is 60.8 cm³/mol. The second-order valence-electron chi connectivity index (χ2n) is 3.57. The second kappa shape index (κ2) is 3.51. The summed E-state index contributed by atoms with van der Waals surface area (Å²) in [6.07, 6.45) is 3.30. The van der Waals surface area contributed by atoms with Gasteiger partial charge in [-0.05, 0) is 19.1 Å². The molecule has 6 heteroatoms. The van der Waals surface area contributed by atoms with Gasteiger partial charge in [0.1, 0.15) is 5.70 Å². The highest BCUT2D eigenvalue weighted by atomic mass is 16.2. The SMILES string of the molecule is CC1=C2N=C(c3ccncc3)N=C2C(=O)N=N1. The fourth-order valence-corrected chi connectivity index (χ4v) is 1.59. The van der Waals surface area contributed by atoms with Crippen molar-refractivity contribution >= 4 is 17.5 Å². The zero-order valence-electron chi connectivity index (χ0n) is 8.95. The first-order valence-electron chi connectivity index (χ1n) is 5.01. The molecule has 0 saturated heterocycles. The third-order valence-corrected chi connectivity index (χ3v) is 2.43. The van der Waals surface area contributed by atoms with Crippen LogP contribution in [0.2, 0.25) is 0 Å². The van der Waals surface area contributed by atoms with Crippen LogP contribution in [0.5, 0.6) is 0 Å². The van der Waals surface area contributed by atoms with Crippen molar-refractivity contribution in [1.82, 2.24) is 4.98 Å². The Labute approximate surface area is 96.5 Å². The van der Waals surface area contributed by atoms with Gasteiger partial charge in [-0.2, -0.15) is 0 Å². The number of carbonyl (C=O) groups is 1. The highest BCUT2D eigenvalue weighted by Gasteiger charge is 2.28. The highest BCUT2D eigenvalue weighted by molar-refractivity contribution is 6.49. The van der Waals surface area contributed by atoms with E-state index >= 15 is 0 Å². The average Bonchev–Trinajstić information content (AvgIpc) is 2.81. The van der Waals surface area contributed by atoms with Crippen LogP contribution in [0.25, 0.3) is 0 Å². The number of allylic oxidation sites excluding steroid dienone is 1. The Balaban J connectivity index is 2.11. The zero-order valence-corrected chi connectivity index (χ0v) is 8.95. The molecule has 0 unspecified atom stereocenters. The molecule has 6 nitrogen and oxygen atoms in total. The molecule has 82 valence electrons. The molecule has 3 heterocycles. The number of nitrogens with zero attached hydrogens (tertiary/aromatic N) is 5. The van der Waals surface area contributed by atoms with Gasteiger partial charge < -0.3 is 0 Å². The minimum atomic E-state index is -0.446. The number of amides is 1. The number of rotatable bonds is 1. The number of carbonyl (C=O) groups excluding carboxylic acids is 1. The molecule has 0 fully saturated rings. The van der Waals surface area contributed by atoms with E-state index in [-0.39, 0.29) is 5.71 Å². The number of pyridine rings is 1. The zero-order chi connectivity index (χ0) is 11.8. The first-order valence-corrected chi connectivity index (χ1v) is 5.01. The Morgan fingerprint density at radius 3 is 2.53 bits per heavy atom. The molecule has 17 heavy (non-hydrogen) atoms. The Kier molecular flexibility index (Phi) is 2.01. The summed E-state index contributed by atoms with van der Waals surface area (Å²) in [7, 11) is 0. The number of amidine groups is 1. The molecular formula is C11H7N5O. The molecule has 0 radical (unpaired) electrons. The van der Waals surface area contributed by atoms with Crippen LogP contribution in [-0.2, 0) is 4.79 Å². The Morgan fingerprint density at radius 2 is 1.82 bits per heavy atom. The lowest BCUT2D eigenvalue weighted by Gasteiger charge is -2.02. The third kappa shape index (κ3) is 1.50. The van der Waals surface area contributed by atoms with Gasteiger partial charge in [0.2, 0.25) is 0 Å². The normalized spacial score (nSPS) is 18.1. The summed E-state index contributed by atoms with van der Waals surface area (Å²) in [6, 6.07) is 3.57. The lowest BCUT2D eigenvalue weighted by molar-refractivity contribution is -0.112. The van der Waals surface area contributed by atoms with Gasteiger partial charge in [0, 0.05) is 18.0 Å². The van der Waals surface area contributed by atoms with E-state index in [1.165, 1.54) is 0 Å². The lowest BCUT2D eigenvalue weighted by Crippen LogP contribution is -2.14. The van der Waals surface area contributed by atoms with E-state index in [1.807, 2.05) is 0 Å². The van der Waals surface area contributed by atoms with Crippen molar-refractivity contribution in [1.29, 1.82) is 0 Å². The molecule has 0 aliphatic carbocycles. The van der Waals surface area contributed by atoms with E-state index in [2.05, 4.69) is 25.2 Å². The number of aliphatic imine (C=N–C) groups is 2. The maximum Gasteiger partial charge on any atom is 0.316 e. The first kappa shape index (κ1) is 9.71. The molecule has 0 aromatic carbocycles. The molecule has 1 aromatic heterocycles. The van der Waals surface area contributed by atoms with Crippen LogP contribution in [-0.4, -0.2) is 22.4 Å². The van der Waals surface area contributed by atoms with Crippen LogP contribution in [0.3, 0.4) is 0 Å². The van der Waals surface area contributed by atoms with E-state index in [0.717, 1.165) is 5.56 Å². The van der Waals surface area contributed by atoms with Crippen LogP contribution in [0.4, 0.5) is 0 Å². The molecule has 0 spiro atoms. The van der Waals surface area contributed by atoms with Crippen molar-refractivity contribution in [2.24, 2.45) is 20.2 Å². The number of fused-ring (bicyclic) bond motifs is 1. The van der Waals surface area contributed by atoms with Crippen molar-refractivity contribution in [3.05, 3.63) is 41.5 Å². The van der Waals surface area contributed by atoms with Crippen LogP contribution in [0, 0.1) is 0 Å². The van der Waals surface area contributed by atoms with Crippen molar-refractivity contribution in [3.8, 4) is 0 Å². The van der Waals surface area contributed by atoms with Gasteiger partial charge in [0.05, 0.1) is 5.70 Å². The molecule has 2 aliphatic heterocycles. The van der Waals surface area contributed by atoms with Gasteiger partial charge in [-0.3, -0.25) is 9.78 Å². The monoisotopic (exact) mass is 225 g/mol. The average molecular weight is 225 g/mol. The van der Waals surface area contributed by atoms with Crippen LogP contribution in [0.15, 0.2) is 56.1 Å². The summed E-state index contributed by atoms with van der Waals surface area (Å²) in [5, 5.41) is 7.23. The third-order valence-electron chi connectivity index (χ3n) is 2.43. The summed E-state index contributed by atoms with van der Waals surface area (Å²) in [4.78, 5) is 23.9.